The lowest BCUT2D eigenvalue weighted by molar-refractivity contribution is -0.137. The molecule has 6 nitrogen and oxygen atoms in total. The molecule has 3 heterocycles. The summed E-state index contributed by atoms with van der Waals surface area (Å²) in [5, 5.41) is 9.08. The van der Waals surface area contributed by atoms with E-state index in [2.05, 4.69) is 10.2 Å². The highest BCUT2D eigenvalue weighted by molar-refractivity contribution is 8.00. The molecule has 2 aromatic heterocycles. The van der Waals surface area contributed by atoms with Gasteiger partial charge in [0.15, 0.2) is 11.0 Å². The van der Waals surface area contributed by atoms with Crippen molar-refractivity contribution in [1.82, 2.24) is 14.8 Å². The molecule has 0 bridgehead atoms. The number of ether oxygens (including phenoxy) is 1. The molecule has 1 fully saturated rings. The number of carbonyl (C=O) groups is 1. The minimum atomic E-state index is -0.241. The van der Waals surface area contributed by atoms with Gasteiger partial charge < -0.3 is 9.15 Å². The van der Waals surface area contributed by atoms with Crippen molar-refractivity contribution < 1.29 is 13.9 Å². The van der Waals surface area contributed by atoms with Crippen molar-refractivity contribution in [2.45, 2.75) is 23.8 Å². The van der Waals surface area contributed by atoms with Crippen LogP contribution in [0.4, 0.5) is 0 Å². The minimum absolute atomic E-state index is 0.191. The van der Waals surface area contributed by atoms with Crippen LogP contribution in [-0.4, -0.2) is 32.6 Å². The van der Waals surface area contributed by atoms with Crippen molar-refractivity contribution in [3.05, 3.63) is 48.4 Å². The summed E-state index contributed by atoms with van der Waals surface area (Å²) < 4.78 is 12.4. The van der Waals surface area contributed by atoms with Gasteiger partial charge in [0, 0.05) is 12.1 Å². The molecule has 122 valence electrons. The van der Waals surface area contributed by atoms with Crippen LogP contribution in [0.1, 0.15) is 12.2 Å². The molecule has 0 spiro atoms. The fourth-order valence-corrected chi connectivity index (χ4v) is 3.68. The van der Waals surface area contributed by atoms with Crippen molar-refractivity contribution in [2.75, 3.05) is 6.61 Å². The highest BCUT2D eigenvalue weighted by Gasteiger charge is 2.30. The first-order valence-corrected chi connectivity index (χ1v) is 8.50. The number of hydrogen-bond acceptors (Lipinski definition) is 6. The first kappa shape index (κ1) is 15.0. The quantitative estimate of drug-likeness (QED) is 0.679. The highest BCUT2D eigenvalue weighted by atomic mass is 32.2. The Hall–Kier alpha value is -2.54. The number of thioether (sulfide) groups is 1. The fourth-order valence-electron chi connectivity index (χ4n) is 2.66. The summed E-state index contributed by atoms with van der Waals surface area (Å²) >= 11 is 1.39. The molecule has 0 aliphatic carbocycles. The Morgan fingerprint density at radius 3 is 2.71 bits per heavy atom. The van der Waals surface area contributed by atoms with Gasteiger partial charge in [0.05, 0.1) is 18.4 Å². The van der Waals surface area contributed by atoms with Gasteiger partial charge in [0.25, 0.3) is 0 Å². The first-order chi connectivity index (χ1) is 11.7. The maximum absolute atomic E-state index is 11.8. The van der Waals surface area contributed by atoms with Gasteiger partial charge >= 0.3 is 5.97 Å². The van der Waals surface area contributed by atoms with Crippen molar-refractivity contribution >= 4 is 17.7 Å². The van der Waals surface area contributed by atoms with E-state index in [9.17, 15) is 4.79 Å². The van der Waals surface area contributed by atoms with Gasteiger partial charge in [-0.25, -0.2) is 0 Å². The molecule has 1 aromatic carbocycles. The normalized spacial score (nSPS) is 17.2. The predicted octanol–water partition coefficient (Wildman–Crippen LogP) is 3.24. The summed E-state index contributed by atoms with van der Waals surface area (Å²) in [7, 11) is 0. The van der Waals surface area contributed by atoms with Gasteiger partial charge in [-0.1, -0.05) is 30.0 Å². The summed E-state index contributed by atoms with van der Waals surface area (Å²) in [6, 6.07) is 11.7. The van der Waals surface area contributed by atoms with E-state index in [4.69, 9.17) is 9.15 Å². The summed E-state index contributed by atoms with van der Waals surface area (Å²) in [6.45, 7) is 2.35. The van der Waals surface area contributed by atoms with E-state index >= 15 is 0 Å². The zero-order valence-electron chi connectivity index (χ0n) is 13.0. The molecule has 0 N–H and O–H groups in total. The Labute approximate surface area is 142 Å². The second-order valence-electron chi connectivity index (χ2n) is 5.43. The Kier molecular flexibility index (Phi) is 3.86. The molecule has 1 aliphatic heterocycles. The van der Waals surface area contributed by atoms with Crippen LogP contribution < -0.4 is 0 Å². The van der Waals surface area contributed by atoms with Crippen LogP contribution in [-0.2, 0) is 9.53 Å². The van der Waals surface area contributed by atoms with Crippen molar-refractivity contribution in [3.8, 4) is 17.1 Å². The highest BCUT2D eigenvalue weighted by Crippen LogP contribution is 2.34. The van der Waals surface area contributed by atoms with E-state index in [-0.39, 0.29) is 11.2 Å². The molecule has 0 amide bonds. The number of furan rings is 1. The maximum atomic E-state index is 11.8. The van der Waals surface area contributed by atoms with Crippen LogP contribution in [0.25, 0.3) is 17.1 Å². The lowest BCUT2D eigenvalue weighted by Gasteiger charge is -2.11. The van der Waals surface area contributed by atoms with Crippen LogP contribution in [0, 0.1) is 6.92 Å². The Morgan fingerprint density at radius 1 is 1.21 bits per heavy atom. The molecule has 0 unspecified atom stereocenters. The second kappa shape index (κ2) is 6.16. The van der Waals surface area contributed by atoms with E-state index in [1.54, 1.807) is 6.26 Å². The number of aryl methyl sites for hydroxylation is 1. The Bertz CT molecular complexity index is 872. The Morgan fingerprint density at radius 2 is 2.04 bits per heavy atom. The molecule has 1 aliphatic rings. The van der Waals surface area contributed by atoms with Gasteiger partial charge in [-0.3, -0.25) is 9.36 Å². The van der Waals surface area contributed by atoms with Crippen LogP contribution in [0.2, 0.25) is 0 Å². The van der Waals surface area contributed by atoms with Gasteiger partial charge in [0.1, 0.15) is 11.0 Å². The number of cyclic esters (lactones) is 1. The second-order valence-corrected chi connectivity index (χ2v) is 6.60. The largest absolute Gasteiger partial charge is 0.469 e. The average Bonchev–Trinajstić information content (AvgIpc) is 3.30. The molecule has 24 heavy (non-hydrogen) atoms. The Balaban J connectivity index is 1.81. The predicted molar refractivity (Wildman–Crippen MR) is 89.0 cm³/mol. The third-order valence-electron chi connectivity index (χ3n) is 3.88. The molecule has 4 rings (SSSR count). The van der Waals surface area contributed by atoms with E-state index in [0.29, 0.717) is 24.0 Å². The maximum Gasteiger partial charge on any atom is 0.319 e. The number of para-hydroxylation sites is 1. The molecule has 0 radical (unpaired) electrons. The zero-order chi connectivity index (χ0) is 16.5. The third kappa shape index (κ3) is 2.60. The molecular formula is C17H15N3O3S. The molecule has 3 aromatic rings. The fraction of sp³-hybridized carbons (Fsp3) is 0.235. The number of rotatable bonds is 4. The van der Waals surface area contributed by atoms with E-state index < -0.39 is 0 Å². The molecule has 1 atom stereocenters. The topological polar surface area (TPSA) is 70.2 Å². The summed E-state index contributed by atoms with van der Waals surface area (Å²) in [4.78, 5) is 11.8. The van der Waals surface area contributed by atoms with Crippen LogP contribution in [0.3, 0.4) is 0 Å². The smallest absolute Gasteiger partial charge is 0.319 e. The lowest BCUT2D eigenvalue weighted by Crippen LogP contribution is -2.11. The number of aromatic nitrogens is 3. The van der Waals surface area contributed by atoms with Crippen molar-refractivity contribution in [3.63, 3.8) is 0 Å². The molecular weight excluding hydrogens is 326 g/mol. The van der Waals surface area contributed by atoms with E-state index in [1.165, 1.54) is 11.8 Å². The van der Waals surface area contributed by atoms with Gasteiger partial charge in [-0.15, -0.1) is 10.2 Å². The monoisotopic (exact) mass is 341 g/mol. The third-order valence-corrected chi connectivity index (χ3v) is 5.07. The average molecular weight is 341 g/mol. The van der Waals surface area contributed by atoms with E-state index in [0.717, 1.165) is 17.0 Å². The van der Waals surface area contributed by atoms with Gasteiger partial charge in [-0.05, 0) is 25.1 Å². The van der Waals surface area contributed by atoms with Crippen LogP contribution in [0.5, 0.6) is 0 Å². The number of benzene rings is 1. The summed E-state index contributed by atoms with van der Waals surface area (Å²) in [6.07, 6.45) is 2.32. The summed E-state index contributed by atoms with van der Waals surface area (Å²) in [5.74, 6) is 1.28. The molecule has 0 saturated carbocycles. The standard InChI is InChI=1S/C17H15N3O3S/c1-11-13(7-9-22-11)15-18-19-17(24-14-8-10-23-16(14)21)20(15)12-5-3-2-4-6-12/h2-7,9,14H,8,10H2,1H3/t14-/m1/s1. The van der Waals surface area contributed by atoms with Crippen LogP contribution in [0.15, 0.2) is 52.2 Å². The van der Waals surface area contributed by atoms with Crippen molar-refractivity contribution in [1.29, 1.82) is 0 Å². The first-order valence-electron chi connectivity index (χ1n) is 7.62. The number of nitrogens with zero attached hydrogens (tertiary/aromatic N) is 3. The SMILES string of the molecule is Cc1occc1-c1nnc(S[C@@H]2CCOC2=O)n1-c1ccccc1. The summed E-state index contributed by atoms with van der Waals surface area (Å²) in [5.41, 5.74) is 1.82. The van der Waals surface area contributed by atoms with Crippen LogP contribution >= 0.6 is 11.8 Å². The van der Waals surface area contributed by atoms with Crippen molar-refractivity contribution in [2.24, 2.45) is 0 Å². The molecule has 7 heteroatoms. The zero-order valence-corrected chi connectivity index (χ0v) is 13.8. The van der Waals surface area contributed by atoms with E-state index in [1.807, 2.05) is 47.9 Å². The number of carbonyl (C=O) groups excluding carboxylic acids is 1. The van der Waals surface area contributed by atoms with Gasteiger partial charge in [0.2, 0.25) is 0 Å². The number of esters is 1. The lowest BCUT2D eigenvalue weighted by atomic mass is 10.2. The molecule has 1 saturated heterocycles. The minimum Gasteiger partial charge on any atom is -0.469 e. The number of hydrogen-bond donors (Lipinski definition) is 0. The van der Waals surface area contributed by atoms with Gasteiger partial charge in [-0.2, -0.15) is 0 Å².